The Balaban J connectivity index is 2.28. The molecule has 0 aliphatic carbocycles. The van der Waals surface area contributed by atoms with Gasteiger partial charge in [0.1, 0.15) is 12.4 Å². The number of Topliss-reactive ketones (excluding diaryl/α,β-unsaturated/α-hetero) is 1. The van der Waals surface area contributed by atoms with Crippen molar-refractivity contribution >= 4 is 17.4 Å². The van der Waals surface area contributed by atoms with Gasteiger partial charge in [-0.1, -0.05) is 18.5 Å². The number of halogens is 1. The zero-order chi connectivity index (χ0) is 16.8. The van der Waals surface area contributed by atoms with Gasteiger partial charge in [0.2, 0.25) is 0 Å². The fourth-order valence-electron chi connectivity index (χ4n) is 2.49. The highest BCUT2D eigenvalue weighted by atomic mass is 35.5. The molecule has 4 nitrogen and oxygen atoms in total. The first-order valence-electron chi connectivity index (χ1n) is 7.70. The molecule has 0 amide bonds. The van der Waals surface area contributed by atoms with E-state index in [4.69, 9.17) is 16.3 Å². The number of hydrogen-bond acceptors (Lipinski definition) is 4. The number of ketones is 1. The summed E-state index contributed by atoms with van der Waals surface area (Å²) in [5.74, 6) is 0.921. The zero-order valence-corrected chi connectivity index (χ0v) is 14.4. The predicted molar refractivity (Wildman–Crippen MR) is 91.1 cm³/mol. The van der Waals surface area contributed by atoms with E-state index < -0.39 is 0 Å². The maximum absolute atomic E-state index is 11.1. The van der Waals surface area contributed by atoms with Crippen molar-refractivity contribution in [3.8, 4) is 5.75 Å². The summed E-state index contributed by atoms with van der Waals surface area (Å²) < 4.78 is 5.60. The Hall–Kier alpha value is -1.94. The van der Waals surface area contributed by atoms with E-state index >= 15 is 0 Å². The molecule has 5 heteroatoms. The van der Waals surface area contributed by atoms with Crippen LogP contribution in [0.2, 0.25) is 5.02 Å². The van der Waals surface area contributed by atoms with Crippen LogP contribution in [0.5, 0.6) is 5.75 Å². The van der Waals surface area contributed by atoms with E-state index in [0.717, 1.165) is 29.7 Å². The number of carbonyl (C=O) groups is 1. The molecule has 0 radical (unpaired) electrons. The number of ether oxygens (including phenoxy) is 1. The second-order valence-electron chi connectivity index (χ2n) is 5.65. The average molecular weight is 333 g/mol. The van der Waals surface area contributed by atoms with Crippen molar-refractivity contribution in [2.75, 3.05) is 6.61 Å². The van der Waals surface area contributed by atoms with E-state index in [-0.39, 0.29) is 18.3 Å². The van der Waals surface area contributed by atoms with E-state index in [2.05, 4.69) is 17.1 Å². The molecule has 122 valence electrons. The Morgan fingerprint density at radius 2 is 2.17 bits per heavy atom. The number of nitrogens with zero attached hydrogens (tertiary/aromatic N) is 2. The van der Waals surface area contributed by atoms with Crippen LogP contribution in [0.3, 0.4) is 0 Å². The minimum absolute atomic E-state index is 0.00694. The van der Waals surface area contributed by atoms with Crippen molar-refractivity contribution in [3.05, 3.63) is 52.3 Å². The van der Waals surface area contributed by atoms with Gasteiger partial charge in [-0.3, -0.25) is 4.79 Å². The van der Waals surface area contributed by atoms with Gasteiger partial charge in [-0.2, -0.15) is 10.2 Å². The van der Waals surface area contributed by atoms with Crippen molar-refractivity contribution in [2.45, 2.75) is 39.5 Å². The van der Waals surface area contributed by atoms with Gasteiger partial charge in [-0.25, -0.2) is 0 Å². The van der Waals surface area contributed by atoms with Crippen LogP contribution in [0.4, 0.5) is 0 Å². The lowest BCUT2D eigenvalue weighted by Crippen LogP contribution is -2.09. The first kappa shape index (κ1) is 17.4. The van der Waals surface area contributed by atoms with E-state index in [1.54, 1.807) is 6.20 Å². The summed E-state index contributed by atoms with van der Waals surface area (Å²) in [7, 11) is 0. The lowest BCUT2D eigenvalue weighted by atomic mass is 9.91. The minimum Gasteiger partial charge on any atom is -0.486 e. The number of hydrogen-bond donors (Lipinski definition) is 0. The third kappa shape index (κ3) is 4.76. The molecule has 0 saturated carbocycles. The quantitative estimate of drug-likeness (QED) is 0.764. The summed E-state index contributed by atoms with van der Waals surface area (Å²) in [6, 6.07) is 7.69. The van der Waals surface area contributed by atoms with Gasteiger partial charge < -0.3 is 4.74 Å². The van der Waals surface area contributed by atoms with Gasteiger partial charge in [0.15, 0.2) is 5.78 Å². The highest BCUT2D eigenvalue weighted by Gasteiger charge is 2.17. The van der Waals surface area contributed by atoms with E-state index in [1.165, 1.54) is 6.92 Å². The molecule has 23 heavy (non-hydrogen) atoms. The number of benzene rings is 1. The first-order chi connectivity index (χ1) is 11.0. The van der Waals surface area contributed by atoms with Gasteiger partial charge >= 0.3 is 0 Å². The molecule has 0 bridgehead atoms. The molecule has 0 spiro atoms. The lowest BCUT2D eigenvalue weighted by molar-refractivity contribution is -0.118. The number of aromatic nitrogens is 2. The van der Waals surface area contributed by atoms with Gasteiger partial charge in [0.05, 0.1) is 5.69 Å². The van der Waals surface area contributed by atoms with Crippen molar-refractivity contribution in [1.29, 1.82) is 0 Å². The van der Waals surface area contributed by atoms with Gasteiger partial charge in [0, 0.05) is 11.2 Å². The summed E-state index contributed by atoms with van der Waals surface area (Å²) in [6.45, 7) is 5.63. The van der Waals surface area contributed by atoms with Crippen molar-refractivity contribution in [3.63, 3.8) is 0 Å². The second-order valence-corrected chi connectivity index (χ2v) is 6.06. The number of aryl methyl sites for hydroxylation is 1. The first-order valence-corrected chi connectivity index (χ1v) is 8.08. The molecule has 1 aromatic heterocycles. The Morgan fingerprint density at radius 1 is 1.39 bits per heavy atom. The molecule has 1 atom stereocenters. The molecular formula is C18H21ClN2O2. The zero-order valence-electron chi connectivity index (χ0n) is 13.7. The van der Waals surface area contributed by atoms with Crippen LogP contribution in [0, 0.1) is 6.92 Å². The number of rotatable bonds is 7. The fraction of sp³-hybridized carbons (Fsp3) is 0.389. The van der Waals surface area contributed by atoms with Crippen LogP contribution in [-0.2, 0) is 11.2 Å². The van der Waals surface area contributed by atoms with Gasteiger partial charge in [-0.05, 0) is 68.0 Å². The maximum atomic E-state index is 11.1. The molecule has 0 saturated heterocycles. The highest BCUT2D eigenvalue weighted by Crippen LogP contribution is 2.34. The standard InChI is InChI=1S/C18H21ClN2O2/c1-4-14(9-15-6-5-7-20-21-15)16-10-18(23-11-13(3)22)12(2)8-17(16)19/h5-8,10,14H,4,9,11H2,1-3H3. The van der Waals surface area contributed by atoms with Crippen LogP contribution in [-0.4, -0.2) is 22.6 Å². The topological polar surface area (TPSA) is 52.1 Å². The molecular weight excluding hydrogens is 312 g/mol. The molecule has 2 rings (SSSR count). The molecule has 1 heterocycles. The Bertz CT molecular complexity index is 674. The molecule has 0 fully saturated rings. The smallest absolute Gasteiger partial charge is 0.167 e. The molecule has 1 aromatic carbocycles. The lowest BCUT2D eigenvalue weighted by Gasteiger charge is -2.19. The van der Waals surface area contributed by atoms with E-state index in [0.29, 0.717) is 10.8 Å². The van der Waals surface area contributed by atoms with Crippen molar-refractivity contribution in [1.82, 2.24) is 10.2 Å². The van der Waals surface area contributed by atoms with Gasteiger partial charge in [0.25, 0.3) is 0 Å². The Morgan fingerprint density at radius 3 is 2.78 bits per heavy atom. The summed E-state index contributed by atoms with van der Waals surface area (Å²) in [5, 5.41) is 8.79. The molecule has 0 N–H and O–H groups in total. The van der Waals surface area contributed by atoms with Crippen molar-refractivity contribution in [2.24, 2.45) is 0 Å². The Labute approximate surface area is 141 Å². The third-order valence-corrected chi connectivity index (χ3v) is 4.07. The van der Waals surface area contributed by atoms with Crippen LogP contribution in [0.15, 0.2) is 30.5 Å². The van der Waals surface area contributed by atoms with E-state index in [1.807, 2.05) is 31.2 Å². The van der Waals surface area contributed by atoms with Gasteiger partial charge in [-0.15, -0.1) is 0 Å². The van der Waals surface area contributed by atoms with Crippen LogP contribution < -0.4 is 4.74 Å². The molecule has 1 unspecified atom stereocenters. The fourth-order valence-corrected chi connectivity index (χ4v) is 2.86. The largest absolute Gasteiger partial charge is 0.486 e. The molecule has 0 aliphatic heterocycles. The number of carbonyl (C=O) groups excluding carboxylic acids is 1. The Kier molecular flexibility index (Phi) is 6.11. The molecule has 0 aliphatic rings. The van der Waals surface area contributed by atoms with E-state index in [9.17, 15) is 4.79 Å². The summed E-state index contributed by atoms with van der Waals surface area (Å²) in [4.78, 5) is 11.1. The highest BCUT2D eigenvalue weighted by molar-refractivity contribution is 6.31. The summed E-state index contributed by atoms with van der Waals surface area (Å²) >= 11 is 6.45. The van der Waals surface area contributed by atoms with Crippen LogP contribution in [0.25, 0.3) is 0 Å². The SMILES string of the molecule is CCC(Cc1cccnn1)c1cc(OCC(C)=O)c(C)cc1Cl. The monoisotopic (exact) mass is 332 g/mol. The summed E-state index contributed by atoms with van der Waals surface area (Å²) in [5.41, 5.74) is 2.88. The maximum Gasteiger partial charge on any atom is 0.167 e. The van der Waals surface area contributed by atoms with Crippen molar-refractivity contribution < 1.29 is 9.53 Å². The second kappa shape index (κ2) is 8.06. The normalized spacial score (nSPS) is 12.0. The third-order valence-electron chi connectivity index (χ3n) is 3.74. The summed E-state index contributed by atoms with van der Waals surface area (Å²) in [6.07, 6.45) is 3.35. The average Bonchev–Trinajstić information content (AvgIpc) is 2.53. The predicted octanol–water partition coefficient (Wildman–Crippen LogP) is 4.14. The van der Waals surface area contributed by atoms with Crippen LogP contribution >= 0.6 is 11.6 Å². The minimum atomic E-state index is -0.00694. The molecule has 2 aromatic rings. The van der Waals surface area contributed by atoms with Crippen LogP contribution in [0.1, 0.15) is 43.0 Å².